The number of carbonyl (C=O) groups excluding carboxylic acids is 1. The number of amides is 2. The second kappa shape index (κ2) is 14.8. The summed E-state index contributed by atoms with van der Waals surface area (Å²) in [5, 5.41) is 8.19. The maximum atomic E-state index is 12.8. The molecular formula is C34H37F3N6O2S. The monoisotopic (exact) mass is 650 g/mol. The third-order valence-corrected chi connectivity index (χ3v) is 8.63. The summed E-state index contributed by atoms with van der Waals surface area (Å²) >= 11 is 1.62. The normalized spacial score (nSPS) is 15.3. The Morgan fingerprint density at radius 2 is 1.78 bits per heavy atom. The van der Waals surface area contributed by atoms with E-state index in [-0.39, 0.29) is 11.8 Å². The highest BCUT2D eigenvalue weighted by Gasteiger charge is 2.31. The number of nitrogens with zero attached hydrogens (tertiary/aromatic N) is 5. The minimum atomic E-state index is -4.74. The highest BCUT2D eigenvalue weighted by molar-refractivity contribution is 8.14. The van der Waals surface area contributed by atoms with E-state index in [9.17, 15) is 18.0 Å². The van der Waals surface area contributed by atoms with Crippen molar-refractivity contribution in [2.75, 3.05) is 23.7 Å². The predicted octanol–water partition coefficient (Wildman–Crippen LogP) is 8.23. The van der Waals surface area contributed by atoms with Gasteiger partial charge < -0.3 is 15.0 Å². The molecule has 0 spiro atoms. The Morgan fingerprint density at radius 1 is 1.04 bits per heavy atom. The minimum Gasteiger partial charge on any atom is -0.406 e. The molecule has 2 amide bonds. The van der Waals surface area contributed by atoms with Crippen LogP contribution in [0.5, 0.6) is 5.75 Å². The van der Waals surface area contributed by atoms with Crippen molar-refractivity contribution in [3.8, 4) is 22.8 Å². The van der Waals surface area contributed by atoms with Crippen molar-refractivity contribution in [1.82, 2.24) is 20.1 Å². The van der Waals surface area contributed by atoms with Crippen LogP contribution < -0.4 is 15.0 Å². The number of anilines is 1. The summed E-state index contributed by atoms with van der Waals surface area (Å²) < 4.78 is 42.7. The van der Waals surface area contributed by atoms with E-state index in [2.05, 4.69) is 69.0 Å². The first-order valence-corrected chi connectivity index (χ1v) is 16.3. The van der Waals surface area contributed by atoms with Gasteiger partial charge in [-0.05, 0) is 72.6 Å². The summed E-state index contributed by atoms with van der Waals surface area (Å²) in [5.74, 6) is 1.85. The number of nitrogens with one attached hydrogen (secondary N) is 1. The Hall–Kier alpha value is -4.32. The predicted molar refractivity (Wildman–Crippen MR) is 177 cm³/mol. The zero-order valence-electron chi connectivity index (χ0n) is 26.0. The molecule has 1 saturated heterocycles. The number of rotatable bonds is 10. The number of thioether (sulfide) groups is 1. The summed E-state index contributed by atoms with van der Waals surface area (Å²) in [6, 6.07) is 21.4. The van der Waals surface area contributed by atoms with Gasteiger partial charge in [-0.3, -0.25) is 0 Å². The molecule has 5 rings (SSSR count). The summed E-state index contributed by atoms with van der Waals surface area (Å²) in [6.07, 6.45) is -0.537. The number of urea groups is 1. The molecule has 1 unspecified atom stereocenters. The summed E-state index contributed by atoms with van der Waals surface area (Å²) in [6.45, 7) is 7.88. The van der Waals surface area contributed by atoms with E-state index in [1.807, 2.05) is 30.3 Å². The number of alkyl halides is 3. The smallest absolute Gasteiger partial charge is 0.406 e. The highest BCUT2D eigenvalue weighted by atomic mass is 32.2. The van der Waals surface area contributed by atoms with Crippen LogP contribution in [0.2, 0.25) is 0 Å². The first kappa shape index (κ1) is 33.1. The number of aliphatic imine (C=N–C) groups is 1. The number of halogens is 3. The van der Waals surface area contributed by atoms with Crippen LogP contribution in [0.4, 0.5) is 23.7 Å². The average Bonchev–Trinajstić information content (AvgIpc) is 3.52. The Bertz CT molecular complexity index is 1640. The van der Waals surface area contributed by atoms with Gasteiger partial charge in [0.15, 0.2) is 11.0 Å². The summed E-state index contributed by atoms with van der Waals surface area (Å²) in [4.78, 5) is 23.7. The number of amidine groups is 1. The minimum absolute atomic E-state index is 0.299. The van der Waals surface area contributed by atoms with Gasteiger partial charge in [0.25, 0.3) is 0 Å². The van der Waals surface area contributed by atoms with Crippen LogP contribution in [0.15, 0.2) is 84.1 Å². The van der Waals surface area contributed by atoms with Crippen molar-refractivity contribution in [3.05, 3.63) is 90.3 Å². The van der Waals surface area contributed by atoms with Gasteiger partial charge >= 0.3 is 12.4 Å². The van der Waals surface area contributed by atoms with Crippen LogP contribution in [0.3, 0.4) is 0 Å². The molecule has 1 aliphatic rings. The molecule has 242 valence electrons. The van der Waals surface area contributed by atoms with Crippen LogP contribution in [-0.4, -0.2) is 51.2 Å². The van der Waals surface area contributed by atoms with Gasteiger partial charge in [-0.2, -0.15) is 4.99 Å². The van der Waals surface area contributed by atoms with Crippen molar-refractivity contribution in [2.45, 2.75) is 52.3 Å². The number of ether oxygens (including phenoxy) is 1. The second-order valence-electron chi connectivity index (χ2n) is 11.5. The lowest BCUT2D eigenvalue weighted by atomic mass is 9.97. The maximum absolute atomic E-state index is 12.8. The van der Waals surface area contributed by atoms with Crippen molar-refractivity contribution >= 4 is 28.6 Å². The van der Waals surface area contributed by atoms with Crippen LogP contribution in [0, 0.1) is 5.92 Å². The molecule has 1 aliphatic heterocycles. The Balaban J connectivity index is 1.11. The van der Waals surface area contributed by atoms with Crippen LogP contribution in [0.25, 0.3) is 17.1 Å². The Labute approximate surface area is 271 Å². The number of hydrogen-bond donors (Lipinski definition) is 1. The average molecular weight is 651 g/mol. The first-order valence-electron chi connectivity index (χ1n) is 15.3. The van der Waals surface area contributed by atoms with Gasteiger partial charge in [-0.1, -0.05) is 75.0 Å². The third-order valence-electron chi connectivity index (χ3n) is 7.57. The van der Waals surface area contributed by atoms with E-state index in [0.29, 0.717) is 29.9 Å². The molecule has 1 atom stereocenters. The summed E-state index contributed by atoms with van der Waals surface area (Å²) in [7, 11) is 0. The standard InChI is InChI=1S/C34H37F3N6O2S/c1-23(2)29-7-4-5-8-30(29)42-19-6-20-46-33(42)40-32(44)38-18-17-24(3)21-25-9-11-26(12-10-25)31-39-22-43(41-31)27-13-15-28(16-14-27)45-34(35,36)37/h4-5,7-16,22-24H,6,17-21H2,1-3H3,(H,38,44)/b40-33-. The van der Waals surface area contributed by atoms with Gasteiger partial charge in [0.05, 0.1) is 5.69 Å². The molecule has 46 heavy (non-hydrogen) atoms. The quantitative estimate of drug-likeness (QED) is 0.186. The molecule has 4 aromatic rings. The molecule has 12 heteroatoms. The van der Waals surface area contributed by atoms with E-state index < -0.39 is 6.36 Å². The van der Waals surface area contributed by atoms with E-state index in [1.54, 1.807) is 11.8 Å². The lowest BCUT2D eigenvalue weighted by molar-refractivity contribution is -0.274. The molecule has 2 heterocycles. The van der Waals surface area contributed by atoms with Gasteiger partial charge in [-0.15, -0.1) is 18.3 Å². The Kier molecular flexibility index (Phi) is 10.7. The van der Waals surface area contributed by atoms with Crippen molar-refractivity contribution in [1.29, 1.82) is 0 Å². The number of hydrogen-bond acceptors (Lipinski definition) is 5. The van der Waals surface area contributed by atoms with E-state index in [1.165, 1.54) is 40.8 Å². The zero-order chi connectivity index (χ0) is 32.7. The second-order valence-corrected chi connectivity index (χ2v) is 12.6. The third kappa shape index (κ3) is 8.90. The lowest BCUT2D eigenvalue weighted by Gasteiger charge is -2.31. The van der Waals surface area contributed by atoms with Crippen LogP contribution in [-0.2, 0) is 6.42 Å². The van der Waals surface area contributed by atoms with Crippen molar-refractivity contribution in [2.24, 2.45) is 10.9 Å². The number of carbonyl (C=O) groups is 1. The van der Waals surface area contributed by atoms with Crippen molar-refractivity contribution in [3.63, 3.8) is 0 Å². The highest BCUT2D eigenvalue weighted by Crippen LogP contribution is 2.32. The van der Waals surface area contributed by atoms with Gasteiger partial charge in [0, 0.05) is 30.1 Å². The van der Waals surface area contributed by atoms with Crippen LogP contribution in [0.1, 0.15) is 50.7 Å². The zero-order valence-corrected chi connectivity index (χ0v) is 26.8. The SMILES string of the molecule is CC(CCNC(=O)/N=C1\SCCCN1c1ccccc1C(C)C)Cc1ccc(-c2ncn(-c3ccc(OC(F)(F)F)cc3)n2)cc1. The van der Waals surface area contributed by atoms with E-state index >= 15 is 0 Å². The van der Waals surface area contributed by atoms with E-state index in [0.717, 1.165) is 53.5 Å². The number of para-hydroxylation sites is 1. The summed E-state index contributed by atoms with van der Waals surface area (Å²) in [5.41, 5.74) is 4.90. The molecule has 1 fully saturated rings. The van der Waals surface area contributed by atoms with E-state index in [4.69, 9.17) is 0 Å². The van der Waals surface area contributed by atoms with Crippen molar-refractivity contribution < 1.29 is 22.7 Å². The van der Waals surface area contributed by atoms with Gasteiger partial charge in [-0.25, -0.2) is 14.5 Å². The number of aromatic nitrogens is 3. The number of benzene rings is 3. The molecule has 0 aliphatic carbocycles. The molecule has 0 saturated carbocycles. The molecule has 3 aromatic carbocycles. The first-order chi connectivity index (χ1) is 22.1. The largest absolute Gasteiger partial charge is 0.573 e. The fourth-order valence-electron chi connectivity index (χ4n) is 5.26. The molecule has 8 nitrogen and oxygen atoms in total. The fourth-order valence-corrected chi connectivity index (χ4v) is 6.21. The van der Waals surface area contributed by atoms with Crippen LogP contribution >= 0.6 is 11.8 Å². The van der Waals surface area contributed by atoms with Gasteiger partial charge in [0.1, 0.15) is 12.1 Å². The lowest BCUT2D eigenvalue weighted by Crippen LogP contribution is -2.36. The molecule has 1 aromatic heterocycles. The fraction of sp³-hybridized carbons (Fsp3) is 0.353. The molecule has 1 N–H and O–H groups in total. The molecule has 0 bridgehead atoms. The molecular weight excluding hydrogens is 613 g/mol. The molecule has 0 radical (unpaired) electrons. The topological polar surface area (TPSA) is 84.6 Å². The Morgan fingerprint density at radius 3 is 2.50 bits per heavy atom. The maximum Gasteiger partial charge on any atom is 0.573 e. The van der Waals surface area contributed by atoms with Gasteiger partial charge in [0.2, 0.25) is 0 Å².